The van der Waals surface area contributed by atoms with E-state index in [1.165, 1.54) is 7.11 Å². The largest absolute Gasteiger partial charge is 0.496 e. The maximum Gasteiger partial charge on any atom is 0.255 e. The fraction of sp³-hybridized carbons (Fsp3) is 0.533. The van der Waals surface area contributed by atoms with E-state index < -0.39 is 0 Å². The number of hydrogen-bond donors (Lipinski definition) is 3. The summed E-state index contributed by atoms with van der Waals surface area (Å²) >= 11 is 2.23. The Kier molecular flexibility index (Phi) is 6.27. The first kappa shape index (κ1) is 17.3. The highest BCUT2D eigenvalue weighted by Crippen LogP contribution is 2.27. The number of benzene rings is 1. The molecule has 1 heterocycles. The number of halogens is 1. The Hall–Kier alpha value is -1.06. The number of carbonyl (C=O) groups excluding carboxylic acids is 1. The highest BCUT2D eigenvalue weighted by molar-refractivity contribution is 14.1. The molecule has 1 aromatic rings. The molecule has 0 aliphatic carbocycles. The van der Waals surface area contributed by atoms with E-state index in [2.05, 4.69) is 33.2 Å². The van der Waals surface area contributed by atoms with Crippen molar-refractivity contribution in [3.8, 4) is 5.75 Å². The van der Waals surface area contributed by atoms with Crippen LogP contribution in [0.15, 0.2) is 12.1 Å². The molecule has 1 aliphatic heterocycles. The van der Waals surface area contributed by atoms with E-state index in [0.29, 0.717) is 17.0 Å². The van der Waals surface area contributed by atoms with Crippen molar-refractivity contribution < 1.29 is 14.3 Å². The topological polar surface area (TPSA) is 85.6 Å². The molecule has 0 unspecified atom stereocenters. The third-order valence-electron chi connectivity index (χ3n) is 3.90. The van der Waals surface area contributed by atoms with Gasteiger partial charge in [0.05, 0.1) is 24.8 Å². The standard InChI is InChI=1S/C15H22IN3O3/c1-21-13-6-11(17)9(7-16)5-10(13)15(20)19-12-3-4-18-8-14(12)22-2/h5-6,12,14,18H,3-4,7-8,17H2,1-2H3,(H,19,20)/t12-,14+/m0/s1. The van der Waals surface area contributed by atoms with E-state index in [9.17, 15) is 4.79 Å². The van der Waals surface area contributed by atoms with Crippen molar-refractivity contribution in [3.05, 3.63) is 23.3 Å². The molecular weight excluding hydrogens is 397 g/mol. The number of ether oxygens (including phenoxy) is 2. The zero-order valence-corrected chi connectivity index (χ0v) is 15.0. The molecule has 0 radical (unpaired) electrons. The fourth-order valence-corrected chi connectivity index (χ4v) is 3.25. The Morgan fingerprint density at radius 3 is 2.91 bits per heavy atom. The molecule has 7 heteroatoms. The second kappa shape index (κ2) is 7.98. The quantitative estimate of drug-likeness (QED) is 0.381. The number of carbonyl (C=O) groups is 1. The van der Waals surface area contributed by atoms with E-state index >= 15 is 0 Å². The lowest BCUT2D eigenvalue weighted by atomic mass is 10.0. The number of piperidine rings is 1. The lowest BCUT2D eigenvalue weighted by Gasteiger charge is -2.31. The van der Waals surface area contributed by atoms with Gasteiger partial charge < -0.3 is 25.8 Å². The molecule has 6 nitrogen and oxygen atoms in total. The first-order valence-corrected chi connectivity index (χ1v) is 8.70. The van der Waals surface area contributed by atoms with Crippen molar-refractivity contribution in [2.24, 2.45) is 0 Å². The van der Waals surface area contributed by atoms with Crippen LogP contribution in [0.3, 0.4) is 0 Å². The highest BCUT2D eigenvalue weighted by Gasteiger charge is 2.27. The van der Waals surface area contributed by atoms with Crippen LogP contribution in [0.25, 0.3) is 0 Å². The lowest BCUT2D eigenvalue weighted by Crippen LogP contribution is -2.53. The van der Waals surface area contributed by atoms with Gasteiger partial charge in [0.25, 0.3) is 5.91 Å². The van der Waals surface area contributed by atoms with Crippen LogP contribution in [0, 0.1) is 0 Å². The number of nitrogen functional groups attached to an aromatic ring is 1. The van der Waals surface area contributed by atoms with Gasteiger partial charge in [-0.05, 0) is 24.6 Å². The average molecular weight is 419 g/mol. The van der Waals surface area contributed by atoms with Gasteiger partial charge >= 0.3 is 0 Å². The van der Waals surface area contributed by atoms with Crippen LogP contribution in [-0.2, 0) is 9.16 Å². The van der Waals surface area contributed by atoms with Gasteiger partial charge in [0, 0.05) is 29.8 Å². The monoisotopic (exact) mass is 419 g/mol. The summed E-state index contributed by atoms with van der Waals surface area (Å²) in [5, 5.41) is 6.31. The van der Waals surface area contributed by atoms with Gasteiger partial charge in [-0.3, -0.25) is 4.79 Å². The van der Waals surface area contributed by atoms with Crippen molar-refractivity contribution >= 4 is 34.2 Å². The van der Waals surface area contributed by atoms with Gasteiger partial charge in [0.15, 0.2) is 0 Å². The summed E-state index contributed by atoms with van der Waals surface area (Å²) in [5.41, 5.74) is 8.04. The molecule has 2 atom stereocenters. The van der Waals surface area contributed by atoms with Crippen LogP contribution in [0.2, 0.25) is 0 Å². The Bertz CT molecular complexity index is 539. The van der Waals surface area contributed by atoms with Gasteiger partial charge in [-0.25, -0.2) is 0 Å². The van der Waals surface area contributed by atoms with Crippen LogP contribution in [-0.4, -0.2) is 45.4 Å². The van der Waals surface area contributed by atoms with Crippen molar-refractivity contribution in [1.29, 1.82) is 0 Å². The summed E-state index contributed by atoms with van der Waals surface area (Å²) in [6, 6.07) is 3.50. The number of hydrogen-bond acceptors (Lipinski definition) is 5. The minimum Gasteiger partial charge on any atom is -0.496 e. The molecular formula is C15H22IN3O3. The SMILES string of the molecule is COc1cc(N)c(CI)cc1C(=O)N[C@H]1CCNC[C@H]1OC. The molecule has 122 valence electrons. The minimum atomic E-state index is -0.156. The molecule has 0 saturated carbocycles. The average Bonchev–Trinajstić information content (AvgIpc) is 2.54. The van der Waals surface area contributed by atoms with E-state index in [1.807, 2.05) is 0 Å². The third kappa shape index (κ3) is 3.82. The number of amides is 1. The Morgan fingerprint density at radius 1 is 1.50 bits per heavy atom. The van der Waals surface area contributed by atoms with Crippen LogP contribution < -0.4 is 21.1 Å². The number of anilines is 1. The number of alkyl halides is 1. The minimum absolute atomic E-state index is 0.0101. The maximum absolute atomic E-state index is 12.6. The molecule has 0 bridgehead atoms. The van der Waals surface area contributed by atoms with Gasteiger partial charge in [-0.15, -0.1) is 0 Å². The number of nitrogens with one attached hydrogen (secondary N) is 2. The molecule has 0 aromatic heterocycles. The van der Waals surface area contributed by atoms with E-state index in [1.54, 1.807) is 19.2 Å². The first-order valence-electron chi connectivity index (χ1n) is 7.17. The third-order valence-corrected chi connectivity index (χ3v) is 4.72. The molecule has 1 aliphatic rings. The normalized spacial score (nSPS) is 21.4. The van der Waals surface area contributed by atoms with Gasteiger partial charge in [-0.1, -0.05) is 22.6 Å². The Balaban J connectivity index is 2.21. The van der Waals surface area contributed by atoms with E-state index in [-0.39, 0.29) is 18.1 Å². The van der Waals surface area contributed by atoms with Crippen LogP contribution in [0.5, 0.6) is 5.75 Å². The summed E-state index contributed by atoms with van der Waals surface area (Å²) < 4.78 is 11.5. The Morgan fingerprint density at radius 2 is 2.27 bits per heavy atom. The fourth-order valence-electron chi connectivity index (χ4n) is 2.59. The van der Waals surface area contributed by atoms with Crippen molar-refractivity contribution in [2.45, 2.75) is 23.0 Å². The van der Waals surface area contributed by atoms with E-state index in [4.69, 9.17) is 15.2 Å². The summed E-state index contributed by atoms with van der Waals surface area (Å²) in [6.45, 7) is 1.60. The summed E-state index contributed by atoms with van der Waals surface area (Å²) in [5.74, 6) is 0.336. The van der Waals surface area contributed by atoms with Crippen molar-refractivity contribution in [3.63, 3.8) is 0 Å². The van der Waals surface area contributed by atoms with Crippen molar-refractivity contribution in [2.75, 3.05) is 33.0 Å². The molecule has 2 rings (SSSR count). The van der Waals surface area contributed by atoms with Gasteiger partial charge in [-0.2, -0.15) is 0 Å². The van der Waals surface area contributed by atoms with Gasteiger partial charge in [0.1, 0.15) is 5.75 Å². The smallest absolute Gasteiger partial charge is 0.255 e. The second-order valence-corrected chi connectivity index (χ2v) is 5.99. The van der Waals surface area contributed by atoms with Crippen LogP contribution in [0.1, 0.15) is 22.3 Å². The predicted octanol–water partition coefficient (Wildman–Crippen LogP) is 1.32. The number of nitrogens with two attached hydrogens (primary N) is 1. The lowest BCUT2D eigenvalue weighted by molar-refractivity contribution is 0.0476. The zero-order valence-electron chi connectivity index (χ0n) is 12.8. The maximum atomic E-state index is 12.6. The highest BCUT2D eigenvalue weighted by atomic mass is 127. The summed E-state index contributed by atoms with van der Waals surface area (Å²) in [4.78, 5) is 12.6. The molecule has 0 spiro atoms. The summed E-state index contributed by atoms with van der Waals surface area (Å²) in [7, 11) is 3.20. The van der Waals surface area contributed by atoms with Crippen LogP contribution in [0.4, 0.5) is 5.69 Å². The molecule has 22 heavy (non-hydrogen) atoms. The molecule has 1 saturated heterocycles. The number of methoxy groups -OCH3 is 2. The number of rotatable bonds is 5. The molecule has 1 amide bonds. The van der Waals surface area contributed by atoms with Crippen molar-refractivity contribution in [1.82, 2.24) is 10.6 Å². The second-order valence-electron chi connectivity index (χ2n) is 5.23. The van der Waals surface area contributed by atoms with Crippen LogP contribution >= 0.6 is 22.6 Å². The zero-order chi connectivity index (χ0) is 16.1. The molecule has 4 N–H and O–H groups in total. The Labute approximate surface area is 144 Å². The molecule has 1 aromatic carbocycles. The van der Waals surface area contributed by atoms with Gasteiger partial charge in [0.2, 0.25) is 0 Å². The van der Waals surface area contributed by atoms with E-state index in [0.717, 1.165) is 29.5 Å². The summed E-state index contributed by atoms with van der Waals surface area (Å²) in [6.07, 6.45) is 0.808. The predicted molar refractivity (Wildman–Crippen MR) is 94.7 cm³/mol. The first-order chi connectivity index (χ1) is 10.6. The molecule has 1 fully saturated rings.